The van der Waals surface area contributed by atoms with Crippen molar-refractivity contribution in [2.24, 2.45) is 5.92 Å². The zero-order valence-electron chi connectivity index (χ0n) is 24.0. The lowest BCUT2D eigenvalue weighted by Gasteiger charge is -2.32. The summed E-state index contributed by atoms with van der Waals surface area (Å²) in [5, 5.41) is 11.3. The number of fused-ring (bicyclic) bond motifs is 1. The maximum atomic E-state index is 14.6. The molecule has 2 saturated heterocycles. The first-order valence-corrected chi connectivity index (χ1v) is 13.7. The number of carboxylic acid groups (broad SMARTS) is 1. The Hall–Kier alpha value is -3.51. The molecule has 0 aliphatic carbocycles. The second kappa shape index (κ2) is 10.1. The number of likely N-dealkylation sites (tertiary alicyclic amines) is 1. The van der Waals surface area contributed by atoms with Crippen LogP contribution in [0.5, 0.6) is 0 Å². The number of aromatic amines is 1. The molecule has 0 unspecified atom stereocenters. The molecule has 12 heteroatoms. The van der Waals surface area contributed by atoms with Gasteiger partial charge in [-0.05, 0) is 62.3 Å². The number of hydrogen-bond donors (Lipinski definition) is 3. The average molecular weight is 568 g/mol. The van der Waals surface area contributed by atoms with Crippen molar-refractivity contribution < 1.29 is 32.8 Å². The summed E-state index contributed by atoms with van der Waals surface area (Å²) in [6, 6.07) is 11.3. The molecule has 41 heavy (non-hydrogen) atoms. The molecule has 2 atom stereocenters. The third kappa shape index (κ3) is 5.55. The maximum absolute atomic E-state index is 14.6. The lowest BCUT2D eigenvalue weighted by atomic mass is 9.78. The lowest BCUT2D eigenvalue weighted by molar-refractivity contribution is -0.136. The van der Waals surface area contributed by atoms with E-state index in [4.69, 9.17) is 9.31 Å². The van der Waals surface area contributed by atoms with Gasteiger partial charge in [-0.25, -0.2) is 18.6 Å². The van der Waals surface area contributed by atoms with Crippen molar-refractivity contribution in [2.45, 2.75) is 77.2 Å². The van der Waals surface area contributed by atoms with Crippen LogP contribution in [-0.4, -0.2) is 68.8 Å². The Balaban J connectivity index is 1.39. The minimum absolute atomic E-state index is 0.233. The first-order chi connectivity index (χ1) is 19.1. The number of halogens is 2. The van der Waals surface area contributed by atoms with Crippen molar-refractivity contribution in [3.05, 3.63) is 48.3 Å². The van der Waals surface area contributed by atoms with Crippen molar-refractivity contribution in [2.75, 3.05) is 6.54 Å². The van der Waals surface area contributed by atoms with Crippen LogP contribution in [0.3, 0.4) is 0 Å². The molecule has 218 valence electrons. The van der Waals surface area contributed by atoms with Gasteiger partial charge in [0, 0.05) is 6.42 Å². The number of carbonyl (C=O) groups is 2. The van der Waals surface area contributed by atoms with Crippen LogP contribution in [0.4, 0.5) is 13.6 Å². The summed E-state index contributed by atoms with van der Waals surface area (Å²) >= 11 is 0. The predicted octanol–water partition coefficient (Wildman–Crippen LogP) is 4.73. The van der Waals surface area contributed by atoms with Gasteiger partial charge < -0.3 is 29.6 Å². The number of nitrogens with one attached hydrogen (secondary N) is 2. The number of benzene rings is 2. The van der Waals surface area contributed by atoms with Crippen molar-refractivity contribution in [1.29, 1.82) is 0 Å². The van der Waals surface area contributed by atoms with E-state index in [1.807, 2.05) is 70.2 Å². The molecule has 0 bridgehead atoms. The molecule has 2 amide bonds. The Morgan fingerprint density at radius 3 is 2.27 bits per heavy atom. The molecule has 9 nitrogen and oxygen atoms in total. The normalized spacial score (nSPS) is 21.9. The van der Waals surface area contributed by atoms with Gasteiger partial charge in [-0.3, -0.25) is 4.79 Å². The monoisotopic (exact) mass is 568 g/mol. The Morgan fingerprint density at radius 1 is 1.07 bits per heavy atom. The van der Waals surface area contributed by atoms with Gasteiger partial charge in [0.1, 0.15) is 11.9 Å². The molecular weight excluding hydrogens is 533 g/mol. The molecule has 0 saturated carbocycles. The molecule has 0 radical (unpaired) electrons. The van der Waals surface area contributed by atoms with Crippen molar-refractivity contribution in [3.63, 3.8) is 0 Å². The smallest absolute Gasteiger partial charge is 0.465 e. The summed E-state index contributed by atoms with van der Waals surface area (Å²) in [5.74, 6) is -4.03. The van der Waals surface area contributed by atoms with Crippen molar-refractivity contribution >= 4 is 35.6 Å². The quantitative estimate of drug-likeness (QED) is 0.371. The highest BCUT2D eigenvalue weighted by Gasteiger charge is 2.52. The van der Waals surface area contributed by atoms with Gasteiger partial charge in [0.15, 0.2) is 0 Å². The van der Waals surface area contributed by atoms with E-state index in [0.717, 1.165) is 21.5 Å². The molecule has 2 aromatic carbocycles. The second-order valence-corrected chi connectivity index (χ2v) is 12.3. The summed E-state index contributed by atoms with van der Waals surface area (Å²) in [5.41, 5.74) is 3.05. The number of hydrogen-bond acceptors (Lipinski definition) is 5. The number of alkyl halides is 2. The number of imidazole rings is 1. The summed E-state index contributed by atoms with van der Waals surface area (Å²) in [6.07, 6.45) is -2.00. The lowest BCUT2D eigenvalue weighted by Crippen LogP contribution is -2.51. The summed E-state index contributed by atoms with van der Waals surface area (Å²) in [6.45, 7) is 10.5. The van der Waals surface area contributed by atoms with E-state index in [2.05, 4.69) is 15.3 Å². The van der Waals surface area contributed by atoms with Gasteiger partial charge in [-0.1, -0.05) is 44.2 Å². The third-order valence-electron chi connectivity index (χ3n) is 8.35. The minimum Gasteiger partial charge on any atom is -0.465 e. The van der Waals surface area contributed by atoms with Crippen LogP contribution in [0, 0.1) is 5.92 Å². The van der Waals surface area contributed by atoms with E-state index in [9.17, 15) is 23.5 Å². The molecule has 2 aliphatic rings. The number of H-pyrrole nitrogens is 1. The van der Waals surface area contributed by atoms with E-state index >= 15 is 0 Å². The zero-order chi connectivity index (χ0) is 29.9. The standard InChI is InChI=1S/C29H35BF2N4O5/c1-16(2)23(35-26(38)39)25(37)36-15-29(31,32)14-22(36)24-33-20-12-9-18(13-21(20)34-24)17-7-10-19(11-8-17)30-40-27(3,4)28(5,6)41-30/h7-13,16,22-23,35H,14-15H2,1-6H3,(H,33,34)(H,38,39)/t22-,23-/m0/s1. The molecule has 1 aromatic heterocycles. The fourth-order valence-electron chi connectivity index (χ4n) is 5.29. The van der Waals surface area contributed by atoms with Gasteiger partial charge in [-0.2, -0.15) is 0 Å². The van der Waals surface area contributed by atoms with Crippen LogP contribution < -0.4 is 10.8 Å². The van der Waals surface area contributed by atoms with Crippen molar-refractivity contribution in [1.82, 2.24) is 20.2 Å². The Labute approximate surface area is 237 Å². The van der Waals surface area contributed by atoms with E-state index in [-0.39, 0.29) is 5.82 Å². The number of rotatable bonds is 6. The Morgan fingerprint density at radius 2 is 1.68 bits per heavy atom. The fourth-order valence-corrected chi connectivity index (χ4v) is 5.29. The van der Waals surface area contributed by atoms with E-state index in [1.54, 1.807) is 13.8 Å². The van der Waals surface area contributed by atoms with Crippen molar-refractivity contribution in [3.8, 4) is 11.1 Å². The minimum atomic E-state index is -3.13. The molecule has 3 heterocycles. The molecule has 2 aliphatic heterocycles. The maximum Gasteiger partial charge on any atom is 0.494 e. The summed E-state index contributed by atoms with van der Waals surface area (Å²) < 4.78 is 41.5. The largest absolute Gasteiger partial charge is 0.494 e. The number of nitrogens with zero attached hydrogens (tertiary/aromatic N) is 2. The predicted molar refractivity (Wildman–Crippen MR) is 151 cm³/mol. The molecule has 5 rings (SSSR count). The highest BCUT2D eigenvalue weighted by atomic mass is 19.3. The highest BCUT2D eigenvalue weighted by Crippen LogP contribution is 2.41. The second-order valence-electron chi connectivity index (χ2n) is 12.3. The van der Waals surface area contributed by atoms with Crippen LogP contribution in [0.1, 0.15) is 59.8 Å². The van der Waals surface area contributed by atoms with E-state index < -0.39 is 67.2 Å². The fraction of sp³-hybridized carbons (Fsp3) is 0.483. The zero-order valence-corrected chi connectivity index (χ0v) is 24.0. The Bertz CT molecular complexity index is 1460. The molecular formula is C29H35BF2N4O5. The van der Waals surface area contributed by atoms with Gasteiger partial charge >= 0.3 is 13.2 Å². The first kappa shape index (κ1) is 29.0. The van der Waals surface area contributed by atoms with Crippen LogP contribution in [0.2, 0.25) is 0 Å². The Kier molecular flexibility index (Phi) is 7.14. The molecule has 2 fully saturated rings. The van der Waals surface area contributed by atoms with Crippen LogP contribution in [0.25, 0.3) is 22.2 Å². The molecule has 3 N–H and O–H groups in total. The number of carbonyl (C=O) groups excluding carboxylic acids is 1. The van der Waals surface area contributed by atoms with Crippen LogP contribution in [-0.2, 0) is 14.1 Å². The average Bonchev–Trinajstić information content (AvgIpc) is 3.51. The number of amides is 2. The third-order valence-corrected chi connectivity index (χ3v) is 8.35. The van der Waals surface area contributed by atoms with Gasteiger partial charge in [-0.15, -0.1) is 0 Å². The number of aromatic nitrogens is 2. The first-order valence-electron chi connectivity index (χ1n) is 13.7. The van der Waals surface area contributed by atoms with Gasteiger partial charge in [0.2, 0.25) is 5.91 Å². The molecule has 0 spiro atoms. The van der Waals surface area contributed by atoms with Crippen LogP contribution in [0.15, 0.2) is 42.5 Å². The van der Waals surface area contributed by atoms with Gasteiger partial charge in [0.05, 0.1) is 34.8 Å². The SMILES string of the molecule is CC(C)[C@H](NC(=O)O)C(=O)N1CC(F)(F)C[C@H]1c1nc2cc(-c3ccc(B4OC(C)(C)C(C)(C)O4)cc3)ccc2[nH]1. The summed E-state index contributed by atoms with van der Waals surface area (Å²) in [7, 11) is -0.471. The van der Waals surface area contributed by atoms with E-state index in [1.165, 1.54) is 0 Å². The van der Waals surface area contributed by atoms with Gasteiger partial charge in [0.25, 0.3) is 5.92 Å². The highest BCUT2D eigenvalue weighted by molar-refractivity contribution is 6.62. The topological polar surface area (TPSA) is 117 Å². The molecule has 3 aromatic rings. The van der Waals surface area contributed by atoms with E-state index in [0.29, 0.717) is 11.0 Å². The van der Waals surface area contributed by atoms with Crippen LogP contribution >= 0.6 is 0 Å². The summed E-state index contributed by atoms with van der Waals surface area (Å²) in [4.78, 5) is 33.2.